The normalized spacial score (nSPS) is 17.5. The lowest BCUT2D eigenvalue weighted by atomic mass is 10.3. The van der Waals surface area contributed by atoms with E-state index in [0.717, 1.165) is 37.6 Å². The van der Waals surface area contributed by atoms with Crippen LogP contribution in [0.1, 0.15) is 21.9 Å². The minimum absolute atomic E-state index is 0.0723. The van der Waals surface area contributed by atoms with Crippen LogP contribution in [0.2, 0.25) is 0 Å². The highest BCUT2D eigenvalue weighted by molar-refractivity contribution is 7.09. The third-order valence-electron chi connectivity index (χ3n) is 2.47. The molecule has 1 saturated heterocycles. The molecule has 0 bridgehead atoms. The fourth-order valence-electron chi connectivity index (χ4n) is 1.67. The number of thiazole rings is 1. The van der Waals surface area contributed by atoms with Crippen molar-refractivity contribution >= 4 is 17.2 Å². The van der Waals surface area contributed by atoms with Gasteiger partial charge in [-0.15, -0.1) is 11.3 Å². The molecule has 0 atom stereocenters. The number of nitrogens with one attached hydrogen (secondary N) is 1. The molecule has 1 fully saturated rings. The maximum atomic E-state index is 12.0. The van der Waals surface area contributed by atoms with Crippen molar-refractivity contribution in [3.8, 4) is 0 Å². The van der Waals surface area contributed by atoms with Gasteiger partial charge < -0.3 is 10.2 Å². The van der Waals surface area contributed by atoms with Gasteiger partial charge in [-0.05, 0) is 19.9 Å². The van der Waals surface area contributed by atoms with Crippen molar-refractivity contribution in [2.75, 3.05) is 26.2 Å². The van der Waals surface area contributed by atoms with Crippen LogP contribution in [-0.2, 0) is 0 Å². The maximum absolute atomic E-state index is 12.0. The van der Waals surface area contributed by atoms with Crippen molar-refractivity contribution < 1.29 is 4.79 Å². The second-order valence-corrected chi connectivity index (χ2v) is 4.71. The zero-order valence-electron chi connectivity index (χ0n) is 8.82. The van der Waals surface area contributed by atoms with E-state index < -0.39 is 0 Å². The van der Waals surface area contributed by atoms with Gasteiger partial charge in [-0.2, -0.15) is 0 Å². The Hall–Kier alpha value is -0.940. The lowest BCUT2D eigenvalue weighted by molar-refractivity contribution is 0.0761. The number of rotatable bonds is 1. The van der Waals surface area contributed by atoms with Crippen molar-refractivity contribution in [2.24, 2.45) is 0 Å². The van der Waals surface area contributed by atoms with Crippen LogP contribution in [-0.4, -0.2) is 42.0 Å². The molecular formula is C10H15N3OS. The molecule has 1 amide bonds. The van der Waals surface area contributed by atoms with Crippen LogP contribution in [0.4, 0.5) is 0 Å². The van der Waals surface area contributed by atoms with Crippen LogP contribution in [0.5, 0.6) is 0 Å². The summed E-state index contributed by atoms with van der Waals surface area (Å²) in [7, 11) is 0. The van der Waals surface area contributed by atoms with Crippen molar-refractivity contribution in [1.29, 1.82) is 0 Å². The van der Waals surface area contributed by atoms with Crippen LogP contribution in [0.3, 0.4) is 0 Å². The van der Waals surface area contributed by atoms with Crippen LogP contribution in [0.25, 0.3) is 0 Å². The molecule has 0 saturated carbocycles. The molecule has 0 spiro atoms. The Morgan fingerprint density at radius 1 is 1.53 bits per heavy atom. The molecule has 0 unspecified atom stereocenters. The molecule has 15 heavy (non-hydrogen) atoms. The summed E-state index contributed by atoms with van der Waals surface area (Å²) in [6, 6.07) is 0. The smallest absolute Gasteiger partial charge is 0.273 e. The summed E-state index contributed by atoms with van der Waals surface area (Å²) < 4.78 is 0. The van der Waals surface area contributed by atoms with Crippen molar-refractivity contribution in [3.05, 3.63) is 16.1 Å². The molecule has 5 heteroatoms. The molecule has 1 aromatic rings. The minimum atomic E-state index is 0.0723. The van der Waals surface area contributed by atoms with E-state index in [1.165, 1.54) is 11.3 Å². The van der Waals surface area contributed by atoms with Crippen molar-refractivity contribution in [2.45, 2.75) is 13.3 Å². The predicted molar refractivity (Wildman–Crippen MR) is 60.2 cm³/mol. The Labute approximate surface area is 93.3 Å². The summed E-state index contributed by atoms with van der Waals surface area (Å²) in [5.41, 5.74) is 0.597. The van der Waals surface area contributed by atoms with Crippen LogP contribution in [0.15, 0.2) is 5.38 Å². The van der Waals surface area contributed by atoms with Crippen molar-refractivity contribution in [1.82, 2.24) is 15.2 Å². The van der Waals surface area contributed by atoms with Gasteiger partial charge in [0.15, 0.2) is 0 Å². The lowest BCUT2D eigenvalue weighted by Crippen LogP contribution is -2.34. The monoisotopic (exact) mass is 225 g/mol. The average Bonchev–Trinajstić information content (AvgIpc) is 2.53. The Balaban J connectivity index is 2.06. The first-order valence-electron chi connectivity index (χ1n) is 5.19. The predicted octanol–water partition coefficient (Wildman–Crippen LogP) is 0.887. The summed E-state index contributed by atoms with van der Waals surface area (Å²) in [5, 5.41) is 6.07. The van der Waals surface area contributed by atoms with E-state index >= 15 is 0 Å². The third kappa shape index (κ3) is 2.54. The van der Waals surface area contributed by atoms with Crippen LogP contribution in [0, 0.1) is 6.92 Å². The first kappa shape index (κ1) is 10.6. The zero-order chi connectivity index (χ0) is 10.7. The standard InChI is InChI=1S/C10H15N3OS/c1-8-12-9(7-15-8)10(14)13-5-2-3-11-4-6-13/h7,11H,2-6H2,1H3. The Bertz CT molecular complexity index is 342. The zero-order valence-corrected chi connectivity index (χ0v) is 9.64. The topological polar surface area (TPSA) is 45.2 Å². The van der Waals surface area contributed by atoms with Gasteiger partial charge in [0.2, 0.25) is 0 Å². The summed E-state index contributed by atoms with van der Waals surface area (Å²) in [5.74, 6) is 0.0723. The molecule has 2 heterocycles. The molecule has 1 N–H and O–H groups in total. The third-order valence-corrected chi connectivity index (χ3v) is 3.24. The largest absolute Gasteiger partial charge is 0.336 e. The highest BCUT2D eigenvalue weighted by Crippen LogP contribution is 2.11. The van der Waals surface area contributed by atoms with Gasteiger partial charge in [-0.1, -0.05) is 0 Å². The van der Waals surface area contributed by atoms with Crippen LogP contribution < -0.4 is 5.32 Å². The van der Waals surface area contributed by atoms with E-state index in [1.54, 1.807) is 0 Å². The highest BCUT2D eigenvalue weighted by Gasteiger charge is 2.18. The fourth-order valence-corrected chi connectivity index (χ4v) is 2.26. The average molecular weight is 225 g/mol. The first-order valence-corrected chi connectivity index (χ1v) is 6.07. The van der Waals surface area contributed by atoms with E-state index in [2.05, 4.69) is 10.3 Å². The first-order chi connectivity index (χ1) is 7.27. The molecule has 2 rings (SSSR count). The Morgan fingerprint density at radius 3 is 3.13 bits per heavy atom. The summed E-state index contributed by atoms with van der Waals surface area (Å²) in [6.45, 7) is 5.43. The quantitative estimate of drug-likeness (QED) is 0.772. The number of amides is 1. The summed E-state index contributed by atoms with van der Waals surface area (Å²) in [4.78, 5) is 18.1. The molecule has 4 nitrogen and oxygen atoms in total. The van der Waals surface area contributed by atoms with Gasteiger partial charge in [0, 0.05) is 25.0 Å². The van der Waals surface area contributed by atoms with E-state index in [0.29, 0.717) is 5.69 Å². The van der Waals surface area contributed by atoms with E-state index in [9.17, 15) is 4.79 Å². The number of aryl methyl sites for hydroxylation is 1. The second-order valence-electron chi connectivity index (χ2n) is 3.65. The molecule has 1 aliphatic heterocycles. The lowest BCUT2D eigenvalue weighted by Gasteiger charge is -2.18. The van der Waals surface area contributed by atoms with Gasteiger partial charge in [0.05, 0.1) is 5.01 Å². The van der Waals surface area contributed by atoms with Gasteiger partial charge >= 0.3 is 0 Å². The number of hydrogen-bond acceptors (Lipinski definition) is 4. The van der Waals surface area contributed by atoms with E-state index in [4.69, 9.17) is 0 Å². The van der Waals surface area contributed by atoms with Gasteiger partial charge in [-0.25, -0.2) is 4.98 Å². The summed E-state index contributed by atoms with van der Waals surface area (Å²) >= 11 is 1.53. The number of carbonyl (C=O) groups is 1. The van der Waals surface area contributed by atoms with Crippen molar-refractivity contribution in [3.63, 3.8) is 0 Å². The number of nitrogens with zero attached hydrogens (tertiary/aromatic N) is 2. The van der Waals surface area contributed by atoms with E-state index in [-0.39, 0.29) is 5.91 Å². The molecular weight excluding hydrogens is 210 g/mol. The van der Waals surface area contributed by atoms with Gasteiger partial charge in [-0.3, -0.25) is 4.79 Å². The molecule has 1 aliphatic rings. The fraction of sp³-hybridized carbons (Fsp3) is 0.600. The number of aromatic nitrogens is 1. The Morgan fingerprint density at radius 2 is 2.40 bits per heavy atom. The highest BCUT2D eigenvalue weighted by atomic mass is 32.1. The molecule has 0 radical (unpaired) electrons. The van der Waals surface area contributed by atoms with Gasteiger partial charge in [0.1, 0.15) is 5.69 Å². The molecule has 1 aromatic heterocycles. The Kier molecular flexibility index (Phi) is 3.33. The maximum Gasteiger partial charge on any atom is 0.273 e. The SMILES string of the molecule is Cc1nc(C(=O)N2CCCNCC2)cs1. The van der Waals surface area contributed by atoms with E-state index in [1.807, 2.05) is 17.2 Å². The minimum Gasteiger partial charge on any atom is -0.336 e. The molecule has 82 valence electrons. The molecule has 0 aliphatic carbocycles. The second kappa shape index (κ2) is 4.72. The summed E-state index contributed by atoms with van der Waals surface area (Å²) in [6.07, 6.45) is 1.02. The van der Waals surface area contributed by atoms with Crippen LogP contribution >= 0.6 is 11.3 Å². The number of carbonyl (C=O) groups excluding carboxylic acids is 1. The molecule has 0 aromatic carbocycles. The number of hydrogen-bond donors (Lipinski definition) is 1. The van der Waals surface area contributed by atoms with Gasteiger partial charge in [0.25, 0.3) is 5.91 Å².